The lowest BCUT2D eigenvalue weighted by Gasteiger charge is -2.37. The Morgan fingerprint density at radius 3 is 2.63 bits per heavy atom. The third-order valence-electron chi connectivity index (χ3n) is 7.95. The number of anilines is 2. The lowest BCUT2D eigenvalue weighted by Crippen LogP contribution is -2.53. The van der Waals surface area contributed by atoms with Gasteiger partial charge in [-0.25, -0.2) is 13.6 Å². The van der Waals surface area contributed by atoms with E-state index < -0.39 is 54.9 Å². The minimum Gasteiger partial charge on any atom is -0.489 e. The van der Waals surface area contributed by atoms with Gasteiger partial charge in [0.1, 0.15) is 18.4 Å². The lowest BCUT2D eigenvalue weighted by atomic mass is 10.0. The van der Waals surface area contributed by atoms with Crippen molar-refractivity contribution in [2.75, 3.05) is 57.6 Å². The standard InChI is InChI=1S/C34H38F5N5O6S/c1-44-14-12-28(33(35,36)19-44)42-24-6-3-5-21-22(18-34(37,38)39)27(51-30(21)24)7-4-13-41-23-9-8-20(17-26(23)50-16-15-45)31(47)43-25(32(48)49-2)10-11-29(40)46/h3,5-6,8-9,17,25,28,41-42,45H,10-16,18-19H2,1-2H3,(H2,40,46)(H,43,47). The molecule has 0 radical (unpaired) electrons. The number of nitrogens with two attached hydrogens (primary N) is 1. The van der Waals surface area contributed by atoms with Gasteiger partial charge in [0.2, 0.25) is 5.91 Å². The van der Waals surface area contributed by atoms with E-state index in [2.05, 4.69) is 27.8 Å². The lowest BCUT2D eigenvalue weighted by molar-refractivity contribution is -0.143. The molecule has 3 aromatic rings. The van der Waals surface area contributed by atoms with Crippen LogP contribution in [-0.2, 0) is 20.7 Å². The number of nitrogens with zero attached hydrogens (tertiary/aromatic N) is 1. The van der Waals surface area contributed by atoms with Crippen LogP contribution in [0.25, 0.3) is 10.1 Å². The third kappa shape index (κ3) is 10.7. The van der Waals surface area contributed by atoms with Gasteiger partial charge in [0, 0.05) is 18.5 Å². The summed E-state index contributed by atoms with van der Waals surface area (Å²) in [5.41, 5.74) is 5.81. The second-order valence-corrected chi connectivity index (χ2v) is 12.9. The minimum absolute atomic E-state index is 0.0581. The van der Waals surface area contributed by atoms with Gasteiger partial charge in [0.05, 0.1) is 60.2 Å². The molecule has 0 saturated carbocycles. The number of amides is 2. The van der Waals surface area contributed by atoms with E-state index in [9.17, 15) is 41.4 Å². The van der Waals surface area contributed by atoms with Gasteiger partial charge in [-0.3, -0.25) is 9.59 Å². The van der Waals surface area contributed by atoms with Crippen molar-refractivity contribution in [1.82, 2.24) is 10.2 Å². The quantitative estimate of drug-likeness (QED) is 0.0933. The molecule has 0 bridgehead atoms. The fraction of sp³-hybridized carbons (Fsp3) is 0.441. The highest BCUT2D eigenvalue weighted by Gasteiger charge is 2.44. The molecule has 0 aliphatic carbocycles. The van der Waals surface area contributed by atoms with Gasteiger partial charge in [-0.05, 0) is 55.1 Å². The van der Waals surface area contributed by atoms with E-state index in [1.807, 2.05) is 0 Å². The molecule has 276 valence electrons. The number of carbonyl (C=O) groups is 3. The van der Waals surface area contributed by atoms with Gasteiger partial charge in [-0.1, -0.05) is 24.0 Å². The average molecular weight is 740 g/mol. The number of esters is 1. The van der Waals surface area contributed by atoms with E-state index in [0.717, 1.165) is 18.4 Å². The van der Waals surface area contributed by atoms with Crippen molar-refractivity contribution in [3.63, 3.8) is 0 Å². The number of fused-ring (bicyclic) bond motifs is 1. The van der Waals surface area contributed by atoms with Crippen LogP contribution >= 0.6 is 11.3 Å². The molecule has 1 aliphatic rings. The van der Waals surface area contributed by atoms with Crippen LogP contribution in [0.15, 0.2) is 36.4 Å². The number of piperidine rings is 1. The van der Waals surface area contributed by atoms with Gasteiger partial charge in [-0.2, -0.15) is 13.2 Å². The summed E-state index contributed by atoms with van der Waals surface area (Å²) in [5, 5.41) is 17.9. The van der Waals surface area contributed by atoms with Gasteiger partial charge in [0.15, 0.2) is 0 Å². The summed E-state index contributed by atoms with van der Waals surface area (Å²) >= 11 is 0.985. The number of methoxy groups -OCH3 is 1. The van der Waals surface area contributed by atoms with Gasteiger partial charge < -0.3 is 41.2 Å². The number of hydrogen-bond acceptors (Lipinski definition) is 10. The molecule has 2 unspecified atom stereocenters. The predicted octanol–water partition coefficient (Wildman–Crippen LogP) is 4.13. The van der Waals surface area contributed by atoms with E-state index in [-0.39, 0.29) is 66.2 Å². The molecule has 2 heterocycles. The number of aliphatic hydroxyl groups is 1. The Hall–Kier alpha value is -4.66. The van der Waals surface area contributed by atoms with E-state index in [0.29, 0.717) is 22.6 Å². The van der Waals surface area contributed by atoms with Crippen LogP contribution in [0.5, 0.6) is 5.75 Å². The number of likely N-dealkylation sites (tertiary alicyclic amines) is 1. The molecule has 11 nitrogen and oxygen atoms in total. The van der Waals surface area contributed by atoms with Crippen molar-refractivity contribution in [1.29, 1.82) is 0 Å². The average Bonchev–Trinajstić information content (AvgIpc) is 3.40. The van der Waals surface area contributed by atoms with Crippen molar-refractivity contribution >= 4 is 50.6 Å². The number of alkyl halides is 5. The van der Waals surface area contributed by atoms with E-state index in [1.165, 1.54) is 35.2 Å². The number of thiophene rings is 1. The summed E-state index contributed by atoms with van der Waals surface area (Å²) in [7, 11) is 2.73. The first kappa shape index (κ1) is 39.1. The van der Waals surface area contributed by atoms with Crippen molar-refractivity contribution in [3.8, 4) is 17.6 Å². The Kier molecular flexibility index (Phi) is 13.1. The molecule has 1 aliphatic heterocycles. The number of benzene rings is 2. The van der Waals surface area contributed by atoms with Crippen LogP contribution in [0.1, 0.15) is 40.1 Å². The zero-order chi connectivity index (χ0) is 37.3. The molecule has 1 aromatic heterocycles. The van der Waals surface area contributed by atoms with Crippen molar-refractivity contribution < 1.29 is 50.9 Å². The molecule has 17 heteroatoms. The number of halogens is 5. The van der Waals surface area contributed by atoms with Gasteiger partial charge in [0.25, 0.3) is 11.8 Å². The number of ether oxygens (including phenoxy) is 2. The van der Waals surface area contributed by atoms with E-state index in [4.69, 9.17) is 15.2 Å². The Balaban J connectivity index is 1.56. The summed E-state index contributed by atoms with van der Waals surface area (Å²) in [4.78, 5) is 37.9. The topological polar surface area (TPSA) is 155 Å². The van der Waals surface area contributed by atoms with Crippen LogP contribution in [0, 0.1) is 11.8 Å². The van der Waals surface area contributed by atoms with Crippen LogP contribution in [0.2, 0.25) is 0 Å². The highest BCUT2D eigenvalue weighted by molar-refractivity contribution is 7.20. The molecule has 1 saturated heterocycles. The number of rotatable bonds is 14. The molecular formula is C34H38F5N5O6S. The first-order valence-corrected chi connectivity index (χ1v) is 16.6. The van der Waals surface area contributed by atoms with Crippen molar-refractivity contribution in [2.45, 2.75) is 49.9 Å². The molecule has 0 spiro atoms. The maximum atomic E-state index is 14.8. The van der Waals surface area contributed by atoms with Crippen LogP contribution < -0.4 is 26.4 Å². The Labute approximate surface area is 294 Å². The summed E-state index contributed by atoms with van der Waals surface area (Å²) < 4.78 is 81.4. The molecule has 51 heavy (non-hydrogen) atoms. The highest BCUT2D eigenvalue weighted by atomic mass is 32.1. The zero-order valence-corrected chi connectivity index (χ0v) is 28.6. The second kappa shape index (κ2) is 17.0. The molecule has 1 fully saturated rings. The Morgan fingerprint density at radius 2 is 1.96 bits per heavy atom. The molecule has 2 amide bonds. The summed E-state index contributed by atoms with van der Waals surface area (Å²) in [6, 6.07) is 6.50. The molecular weight excluding hydrogens is 701 g/mol. The van der Waals surface area contributed by atoms with Crippen molar-refractivity contribution in [3.05, 3.63) is 52.4 Å². The zero-order valence-electron chi connectivity index (χ0n) is 27.8. The first-order chi connectivity index (χ1) is 24.1. The smallest absolute Gasteiger partial charge is 0.393 e. The maximum absolute atomic E-state index is 14.8. The van der Waals surface area contributed by atoms with Crippen LogP contribution in [0.4, 0.5) is 33.3 Å². The second-order valence-electron chi connectivity index (χ2n) is 11.9. The number of primary amides is 1. The number of nitrogens with one attached hydrogen (secondary N) is 3. The summed E-state index contributed by atoms with van der Waals surface area (Å²) in [6.07, 6.45) is -5.93. The molecule has 2 aromatic carbocycles. The van der Waals surface area contributed by atoms with E-state index in [1.54, 1.807) is 13.1 Å². The first-order valence-electron chi connectivity index (χ1n) is 15.8. The molecule has 6 N–H and O–H groups in total. The fourth-order valence-corrected chi connectivity index (χ4v) is 6.68. The van der Waals surface area contributed by atoms with Crippen LogP contribution in [0.3, 0.4) is 0 Å². The van der Waals surface area contributed by atoms with Crippen molar-refractivity contribution in [2.24, 2.45) is 5.73 Å². The van der Waals surface area contributed by atoms with Crippen LogP contribution in [-0.4, -0.2) is 99.0 Å². The fourth-order valence-electron chi connectivity index (χ4n) is 5.50. The monoisotopic (exact) mass is 739 g/mol. The Morgan fingerprint density at radius 1 is 1.20 bits per heavy atom. The number of hydrogen-bond donors (Lipinski definition) is 5. The minimum atomic E-state index is -4.56. The summed E-state index contributed by atoms with van der Waals surface area (Å²) in [5.74, 6) is 0.557. The molecule has 4 rings (SSSR count). The summed E-state index contributed by atoms with van der Waals surface area (Å²) in [6.45, 7) is -0.575. The van der Waals surface area contributed by atoms with E-state index >= 15 is 0 Å². The number of aliphatic hydroxyl groups excluding tert-OH is 1. The number of carbonyl (C=O) groups excluding carboxylic acids is 3. The SMILES string of the molecule is COC(=O)C(CCC(N)=O)NC(=O)c1ccc(NCC#Cc2sc3c(NC4CCN(C)CC4(F)F)cccc3c2CC(F)(F)F)c(OCCO)c1. The maximum Gasteiger partial charge on any atom is 0.393 e. The largest absolute Gasteiger partial charge is 0.489 e. The molecule has 2 atom stereocenters. The van der Waals surface area contributed by atoms with Gasteiger partial charge >= 0.3 is 12.1 Å². The highest BCUT2D eigenvalue weighted by Crippen LogP contribution is 2.40. The normalized spacial score (nSPS) is 16.4. The third-order valence-corrected chi connectivity index (χ3v) is 9.14. The predicted molar refractivity (Wildman–Crippen MR) is 182 cm³/mol. The Bertz CT molecular complexity index is 1790. The van der Waals surface area contributed by atoms with Gasteiger partial charge in [-0.15, -0.1) is 11.3 Å².